The third-order valence-corrected chi connectivity index (χ3v) is 4.03. The molecular formula is C16H20N2O4. The number of nitrogens with one attached hydrogen (secondary N) is 1. The number of nitrogens with zero attached hydrogens (tertiary/aromatic N) is 1. The van der Waals surface area contributed by atoms with Crippen molar-refractivity contribution in [2.75, 3.05) is 30.5 Å². The summed E-state index contributed by atoms with van der Waals surface area (Å²) in [5.74, 6) is 0.555. The molecule has 2 heterocycles. The molecule has 1 aromatic carbocycles. The summed E-state index contributed by atoms with van der Waals surface area (Å²) in [5, 5.41) is 2.84. The number of rotatable bonds is 4. The van der Waals surface area contributed by atoms with Crippen LogP contribution in [0.2, 0.25) is 0 Å². The summed E-state index contributed by atoms with van der Waals surface area (Å²) in [6, 6.07) is 5.34. The van der Waals surface area contributed by atoms with E-state index < -0.39 is 0 Å². The van der Waals surface area contributed by atoms with Crippen LogP contribution < -0.4 is 15.0 Å². The van der Waals surface area contributed by atoms with Crippen LogP contribution in [0.25, 0.3) is 0 Å². The van der Waals surface area contributed by atoms with E-state index in [9.17, 15) is 9.59 Å². The van der Waals surface area contributed by atoms with Gasteiger partial charge in [0.05, 0.1) is 12.8 Å². The number of anilines is 2. The number of methoxy groups -OCH3 is 1. The SMILES string of the molecule is COc1cc(NC(=O)[C@H]2CCCO2)ccc1N1CCCC1=O. The Bertz CT molecular complexity index is 582. The topological polar surface area (TPSA) is 67.9 Å². The zero-order chi connectivity index (χ0) is 15.5. The Morgan fingerprint density at radius 2 is 2.27 bits per heavy atom. The Morgan fingerprint density at radius 1 is 1.41 bits per heavy atom. The van der Waals surface area contributed by atoms with Crippen molar-refractivity contribution in [2.45, 2.75) is 31.8 Å². The van der Waals surface area contributed by atoms with Gasteiger partial charge < -0.3 is 19.7 Å². The molecular weight excluding hydrogens is 284 g/mol. The van der Waals surface area contributed by atoms with Crippen molar-refractivity contribution in [1.82, 2.24) is 0 Å². The van der Waals surface area contributed by atoms with Gasteiger partial charge in [0.1, 0.15) is 11.9 Å². The third kappa shape index (κ3) is 2.92. The number of carbonyl (C=O) groups excluding carboxylic acids is 2. The van der Waals surface area contributed by atoms with E-state index in [0.717, 1.165) is 24.9 Å². The standard InChI is InChI=1S/C16H20N2O4/c1-21-14-10-11(17-16(20)13-4-3-9-22-13)6-7-12(14)18-8-2-5-15(18)19/h6-7,10,13H,2-5,8-9H2,1H3,(H,17,20)/t13-/m1/s1. The molecule has 118 valence electrons. The normalized spacial score (nSPS) is 21.2. The monoisotopic (exact) mass is 304 g/mol. The van der Waals surface area contributed by atoms with Crippen LogP contribution in [0.5, 0.6) is 5.75 Å². The van der Waals surface area contributed by atoms with Gasteiger partial charge in [0, 0.05) is 31.3 Å². The minimum atomic E-state index is -0.370. The van der Waals surface area contributed by atoms with Crippen LogP contribution in [-0.2, 0) is 14.3 Å². The lowest BCUT2D eigenvalue weighted by Crippen LogP contribution is -2.27. The summed E-state index contributed by atoms with van der Waals surface area (Å²) in [6.45, 7) is 1.34. The van der Waals surface area contributed by atoms with Crippen molar-refractivity contribution in [3.8, 4) is 5.75 Å². The first-order chi connectivity index (χ1) is 10.7. The van der Waals surface area contributed by atoms with E-state index >= 15 is 0 Å². The van der Waals surface area contributed by atoms with Gasteiger partial charge in [-0.1, -0.05) is 0 Å². The van der Waals surface area contributed by atoms with Crippen molar-refractivity contribution in [2.24, 2.45) is 0 Å². The maximum absolute atomic E-state index is 12.1. The van der Waals surface area contributed by atoms with E-state index in [2.05, 4.69) is 5.32 Å². The van der Waals surface area contributed by atoms with E-state index in [1.807, 2.05) is 6.07 Å². The zero-order valence-corrected chi connectivity index (χ0v) is 12.6. The molecule has 6 heteroatoms. The van der Waals surface area contributed by atoms with Gasteiger partial charge in [-0.15, -0.1) is 0 Å². The van der Waals surface area contributed by atoms with Gasteiger partial charge in [-0.2, -0.15) is 0 Å². The first kappa shape index (κ1) is 14.8. The molecule has 2 aliphatic heterocycles. The van der Waals surface area contributed by atoms with Crippen LogP contribution in [0.4, 0.5) is 11.4 Å². The smallest absolute Gasteiger partial charge is 0.253 e. The van der Waals surface area contributed by atoms with Crippen molar-refractivity contribution < 1.29 is 19.1 Å². The number of amides is 2. The van der Waals surface area contributed by atoms with E-state index in [-0.39, 0.29) is 17.9 Å². The van der Waals surface area contributed by atoms with Crippen molar-refractivity contribution in [3.05, 3.63) is 18.2 Å². The van der Waals surface area contributed by atoms with E-state index in [4.69, 9.17) is 9.47 Å². The highest BCUT2D eigenvalue weighted by atomic mass is 16.5. The summed E-state index contributed by atoms with van der Waals surface area (Å²) in [4.78, 5) is 25.7. The number of hydrogen-bond acceptors (Lipinski definition) is 4. The molecule has 3 rings (SSSR count). The van der Waals surface area contributed by atoms with Crippen LogP contribution in [0, 0.1) is 0 Å². The molecule has 1 N–H and O–H groups in total. The predicted molar refractivity (Wildman–Crippen MR) is 82.2 cm³/mol. The van der Waals surface area contributed by atoms with Gasteiger partial charge in [-0.3, -0.25) is 9.59 Å². The molecule has 2 amide bonds. The lowest BCUT2D eigenvalue weighted by atomic mass is 10.2. The van der Waals surface area contributed by atoms with Crippen molar-refractivity contribution in [3.63, 3.8) is 0 Å². The number of benzene rings is 1. The highest BCUT2D eigenvalue weighted by Gasteiger charge is 2.26. The molecule has 2 aliphatic rings. The summed E-state index contributed by atoms with van der Waals surface area (Å²) in [6.07, 6.45) is 2.73. The Kier molecular flexibility index (Phi) is 4.29. The molecule has 0 aliphatic carbocycles. The number of hydrogen-bond donors (Lipinski definition) is 1. The molecule has 0 aromatic heterocycles. The Balaban J connectivity index is 1.76. The minimum Gasteiger partial charge on any atom is -0.494 e. The van der Waals surface area contributed by atoms with Crippen molar-refractivity contribution >= 4 is 23.2 Å². The molecule has 0 bridgehead atoms. The summed E-state index contributed by atoms with van der Waals surface area (Å²) >= 11 is 0. The minimum absolute atomic E-state index is 0.106. The molecule has 2 fully saturated rings. The molecule has 22 heavy (non-hydrogen) atoms. The quantitative estimate of drug-likeness (QED) is 0.923. The Hall–Kier alpha value is -2.08. The second-order valence-corrected chi connectivity index (χ2v) is 5.53. The summed E-state index contributed by atoms with van der Waals surface area (Å²) < 4.78 is 10.7. The third-order valence-electron chi connectivity index (χ3n) is 4.03. The molecule has 0 unspecified atom stereocenters. The molecule has 0 spiro atoms. The fraction of sp³-hybridized carbons (Fsp3) is 0.500. The second-order valence-electron chi connectivity index (χ2n) is 5.53. The van der Waals surface area contributed by atoms with Gasteiger partial charge in [0.2, 0.25) is 5.91 Å². The summed E-state index contributed by atoms with van der Waals surface area (Å²) in [5.41, 5.74) is 1.40. The lowest BCUT2D eigenvalue weighted by Gasteiger charge is -2.20. The van der Waals surface area contributed by atoms with Gasteiger partial charge in [-0.05, 0) is 31.4 Å². The molecule has 6 nitrogen and oxygen atoms in total. The van der Waals surface area contributed by atoms with E-state index in [1.165, 1.54) is 0 Å². The average Bonchev–Trinajstić information content (AvgIpc) is 3.18. The fourth-order valence-corrected chi connectivity index (χ4v) is 2.89. The van der Waals surface area contributed by atoms with Crippen LogP contribution in [0.3, 0.4) is 0 Å². The molecule has 0 radical (unpaired) electrons. The van der Waals surface area contributed by atoms with E-state index in [1.54, 1.807) is 24.1 Å². The van der Waals surface area contributed by atoms with Gasteiger partial charge in [0.25, 0.3) is 5.91 Å². The highest BCUT2D eigenvalue weighted by Crippen LogP contribution is 2.34. The van der Waals surface area contributed by atoms with Crippen LogP contribution in [0.15, 0.2) is 18.2 Å². The highest BCUT2D eigenvalue weighted by molar-refractivity contribution is 5.98. The molecule has 1 aromatic rings. The molecule has 0 saturated carbocycles. The fourth-order valence-electron chi connectivity index (χ4n) is 2.89. The van der Waals surface area contributed by atoms with Gasteiger partial charge in [-0.25, -0.2) is 0 Å². The Morgan fingerprint density at radius 3 is 2.91 bits per heavy atom. The van der Waals surface area contributed by atoms with Gasteiger partial charge >= 0.3 is 0 Å². The number of ether oxygens (including phenoxy) is 2. The second kappa shape index (κ2) is 6.36. The average molecular weight is 304 g/mol. The molecule has 1 atom stereocenters. The van der Waals surface area contributed by atoms with Crippen molar-refractivity contribution in [1.29, 1.82) is 0 Å². The number of carbonyl (C=O) groups is 2. The zero-order valence-electron chi connectivity index (χ0n) is 12.6. The lowest BCUT2D eigenvalue weighted by molar-refractivity contribution is -0.124. The van der Waals surface area contributed by atoms with Crippen LogP contribution >= 0.6 is 0 Å². The maximum atomic E-state index is 12.1. The van der Waals surface area contributed by atoms with E-state index in [0.29, 0.717) is 31.0 Å². The van der Waals surface area contributed by atoms with Crippen LogP contribution in [0.1, 0.15) is 25.7 Å². The Labute approximate surface area is 129 Å². The van der Waals surface area contributed by atoms with Gasteiger partial charge in [0.15, 0.2) is 0 Å². The molecule has 2 saturated heterocycles. The summed E-state index contributed by atoms with van der Waals surface area (Å²) in [7, 11) is 1.56. The first-order valence-corrected chi connectivity index (χ1v) is 7.60. The van der Waals surface area contributed by atoms with Crippen LogP contribution in [-0.4, -0.2) is 38.2 Å². The largest absolute Gasteiger partial charge is 0.494 e. The predicted octanol–water partition coefficient (Wildman–Crippen LogP) is 1.94. The maximum Gasteiger partial charge on any atom is 0.253 e. The first-order valence-electron chi connectivity index (χ1n) is 7.60.